The molecule has 0 aliphatic carbocycles. The summed E-state index contributed by atoms with van der Waals surface area (Å²) in [5.41, 5.74) is 1.07. The predicted octanol–water partition coefficient (Wildman–Crippen LogP) is 2.95. The lowest BCUT2D eigenvalue weighted by atomic mass is 10.0. The molecular weight excluding hydrogens is 252 g/mol. The third kappa shape index (κ3) is 4.76. The van der Waals surface area contributed by atoms with E-state index in [1.165, 1.54) is 0 Å². The van der Waals surface area contributed by atoms with Gasteiger partial charge in [-0.2, -0.15) is 0 Å². The summed E-state index contributed by atoms with van der Waals surface area (Å²) in [4.78, 5) is 4.48. The topological polar surface area (TPSA) is 43.4 Å². The zero-order valence-corrected chi connectivity index (χ0v) is 12.6. The smallest absolute Gasteiger partial charge is 0.137 e. The minimum absolute atomic E-state index is 0.291. The van der Waals surface area contributed by atoms with E-state index in [9.17, 15) is 0 Å². The summed E-state index contributed by atoms with van der Waals surface area (Å²) in [5, 5.41) is 3.43. The third-order valence-corrected chi connectivity index (χ3v) is 3.73. The third-order valence-electron chi connectivity index (χ3n) is 3.73. The number of ether oxygens (including phenoxy) is 2. The van der Waals surface area contributed by atoms with Crippen molar-refractivity contribution in [3.05, 3.63) is 24.0 Å². The van der Waals surface area contributed by atoms with Crippen LogP contribution in [0.3, 0.4) is 0 Å². The van der Waals surface area contributed by atoms with E-state index < -0.39 is 0 Å². The standard InChI is InChI=1S/C16H26N2O2/c1-3-8-17-13(2)16-5-4-15(11-18-16)20-12-14-6-9-19-10-7-14/h4-5,11,13-14,17H,3,6-10,12H2,1-2H3. The van der Waals surface area contributed by atoms with Crippen LogP contribution in [0.1, 0.15) is 44.8 Å². The van der Waals surface area contributed by atoms with Crippen LogP contribution in [0.2, 0.25) is 0 Å². The second-order valence-electron chi connectivity index (χ2n) is 5.46. The fourth-order valence-electron chi connectivity index (χ4n) is 2.33. The zero-order valence-electron chi connectivity index (χ0n) is 12.6. The van der Waals surface area contributed by atoms with E-state index in [-0.39, 0.29) is 0 Å². The van der Waals surface area contributed by atoms with Gasteiger partial charge in [-0.3, -0.25) is 4.98 Å². The lowest BCUT2D eigenvalue weighted by Gasteiger charge is -2.22. The minimum Gasteiger partial charge on any atom is -0.492 e. The van der Waals surface area contributed by atoms with Crippen LogP contribution in [-0.2, 0) is 4.74 Å². The Kier molecular flexibility index (Phi) is 6.27. The van der Waals surface area contributed by atoms with Crippen molar-refractivity contribution in [3.8, 4) is 5.75 Å². The van der Waals surface area contributed by atoms with Crippen LogP contribution in [0.4, 0.5) is 0 Å². The maximum absolute atomic E-state index is 5.82. The molecule has 1 saturated heterocycles. The monoisotopic (exact) mass is 278 g/mol. The Morgan fingerprint density at radius 1 is 1.40 bits per heavy atom. The van der Waals surface area contributed by atoms with Gasteiger partial charge < -0.3 is 14.8 Å². The van der Waals surface area contributed by atoms with Gasteiger partial charge in [0.1, 0.15) is 5.75 Å². The summed E-state index contributed by atoms with van der Waals surface area (Å²) < 4.78 is 11.2. The van der Waals surface area contributed by atoms with Gasteiger partial charge in [0.25, 0.3) is 0 Å². The molecule has 4 nitrogen and oxygen atoms in total. The Labute approximate surface area is 121 Å². The van der Waals surface area contributed by atoms with E-state index in [4.69, 9.17) is 9.47 Å². The Bertz CT molecular complexity index is 375. The lowest BCUT2D eigenvalue weighted by molar-refractivity contribution is 0.0497. The van der Waals surface area contributed by atoms with Crippen LogP contribution in [0.15, 0.2) is 18.3 Å². The summed E-state index contributed by atoms with van der Waals surface area (Å²) >= 11 is 0. The molecule has 0 bridgehead atoms. The molecular formula is C16H26N2O2. The molecule has 1 aliphatic heterocycles. The van der Waals surface area contributed by atoms with Crippen molar-refractivity contribution in [2.45, 2.75) is 39.2 Å². The fraction of sp³-hybridized carbons (Fsp3) is 0.688. The molecule has 1 aromatic heterocycles. The van der Waals surface area contributed by atoms with E-state index in [0.717, 1.165) is 57.1 Å². The molecule has 4 heteroatoms. The summed E-state index contributed by atoms with van der Waals surface area (Å²) in [6, 6.07) is 4.36. The van der Waals surface area contributed by atoms with Gasteiger partial charge in [0.2, 0.25) is 0 Å². The molecule has 0 radical (unpaired) electrons. The van der Waals surface area contributed by atoms with Crippen molar-refractivity contribution in [2.24, 2.45) is 5.92 Å². The molecule has 1 aromatic rings. The summed E-state index contributed by atoms with van der Waals surface area (Å²) in [7, 11) is 0. The molecule has 1 atom stereocenters. The SMILES string of the molecule is CCCNC(C)c1ccc(OCC2CCOCC2)cn1. The largest absolute Gasteiger partial charge is 0.492 e. The number of nitrogens with one attached hydrogen (secondary N) is 1. The van der Waals surface area contributed by atoms with Crippen LogP contribution >= 0.6 is 0 Å². The van der Waals surface area contributed by atoms with Crippen LogP contribution in [0.25, 0.3) is 0 Å². The molecule has 1 aliphatic rings. The van der Waals surface area contributed by atoms with Crippen LogP contribution < -0.4 is 10.1 Å². The van der Waals surface area contributed by atoms with Gasteiger partial charge in [0, 0.05) is 19.3 Å². The zero-order chi connectivity index (χ0) is 14.2. The number of pyridine rings is 1. The Morgan fingerprint density at radius 2 is 2.20 bits per heavy atom. The molecule has 112 valence electrons. The molecule has 0 saturated carbocycles. The van der Waals surface area contributed by atoms with Crippen molar-refractivity contribution in [2.75, 3.05) is 26.4 Å². The quantitative estimate of drug-likeness (QED) is 0.833. The highest BCUT2D eigenvalue weighted by molar-refractivity contribution is 5.21. The van der Waals surface area contributed by atoms with Crippen molar-refractivity contribution < 1.29 is 9.47 Å². The van der Waals surface area contributed by atoms with Gasteiger partial charge in [-0.05, 0) is 50.8 Å². The second-order valence-corrected chi connectivity index (χ2v) is 5.46. The van der Waals surface area contributed by atoms with Gasteiger partial charge in [-0.1, -0.05) is 6.92 Å². The van der Waals surface area contributed by atoms with Gasteiger partial charge >= 0.3 is 0 Å². The Hall–Kier alpha value is -1.13. The highest BCUT2D eigenvalue weighted by Gasteiger charge is 2.14. The Morgan fingerprint density at radius 3 is 2.85 bits per heavy atom. The van der Waals surface area contributed by atoms with Crippen molar-refractivity contribution in [1.82, 2.24) is 10.3 Å². The number of hydrogen-bond acceptors (Lipinski definition) is 4. The highest BCUT2D eigenvalue weighted by Crippen LogP contribution is 2.18. The average Bonchev–Trinajstić information content (AvgIpc) is 2.52. The summed E-state index contributed by atoms with van der Waals surface area (Å²) in [5.74, 6) is 1.48. The number of hydrogen-bond donors (Lipinski definition) is 1. The van der Waals surface area contributed by atoms with Gasteiger partial charge in [-0.25, -0.2) is 0 Å². The van der Waals surface area contributed by atoms with E-state index in [1.807, 2.05) is 18.3 Å². The fourth-order valence-corrected chi connectivity index (χ4v) is 2.33. The first-order valence-electron chi connectivity index (χ1n) is 7.69. The second kappa shape index (κ2) is 8.22. The van der Waals surface area contributed by atoms with E-state index >= 15 is 0 Å². The van der Waals surface area contributed by atoms with Crippen LogP contribution in [0.5, 0.6) is 5.75 Å². The van der Waals surface area contributed by atoms with Gasteiger partial charge in [-0.15, -0.1) is 0 Å². The molecule has 1 fully saturated rings. The molecule has 1 N–H and O–H groups in total. The average molecular weight is 278 g/mol. The van der Waals surface area contributed by atoms with Crippen LogP contribution in [-0.4, -0.2) is 31.3 Å². The maximum Gasteiger partial charge on any atom is 0.137 e. The Balaban J connectivity index is 1.78. The summed E-state index contributed by atoms with van der Waals surface area (Å²) in [6.07, 6.45) is 5.17. The molecule has 20 heavy (non-hydrogen) atoms. The first kappa shape index (κ1) is 15.3. The number of rotatable bonds is 7. The summed E-state index contributed by atoms with van der Waals surface area (Å²) in [6.45, 7) is 7.83. The molecule has 2 rings (SSSR count). The van der Waals surface area contributed by atoms with Gasteiger partial charge in [0.15, 0.2) is 0 Å². The first-order chi connectivity index (χ1) is 9.79. The molecule has 0 amide bonds. The predicted molar refractivity (Wildman–Crippen MR) is 80.0 cm³/mol. The van der Waals surface area contributed by atoms with Gasteiger partial charge in [0.05, 0.1) is 18.5 Å². The molecule has 2 heterocycles. The molecule has 0 spiro atoms. The van der Waals surface area contributed by atoms with E-state index in [0.29, 0.717) is 12.0 Å². The minimum atomic E-state index is 0.291. The highest BCUT2D eigenvalue weighted by atomic mass is 16.5. The molecule has 1 unspecified atom stereocenters. The lowest BCUT2D eigenvalue weighted by Crippen LogP contribution is -2.22. The van der Waals surface area contributed by atoms with Crippen LogP contribution in [0, 0.1) is 5.92 Å². The first-order valence-corrected chi connectivity index (χ1v) is 7.69. The number of aromatic nitrogens is 1. The van der Waals surface area contributed by atoms with Crippen molar-refractivity contribution in [1.29, 1.82) is 0 Å². The normalized spacial score (nSPS) is 17.9. The van der Waals surface area contributed by atoms with Crippen molar-refractivity contribution in [3.63, 3.8) is 0 Å². The van der Waals surface area contributed by atoms with Crippen molar-refractivity contribution >= 4 is 0 Å². The number of nitrogens with zero attached hydrogens (tertiary/aromatic N) is 1. The maximum atomic E-state index is 5.82. The van der Waals surface area contributed by atoms with E-state index in [2.05, 4.69) is 24.1 Å². The molecule has 0 aromatic carbocycles. The van der Waals surface area contributed by atoms with E-state index in [1.54, 1.807) is 0 Å².